The van der Waals surface area contributed by atoms with E-state index in [4.69, 9.17) is 4.74 Å². The molecule has 5 nitrogen and oxygen atoms in total. The Balaban J connectivity index is 1.16. The summed E-state index contributed by atoms with van der Waals surface area (Å²) in [5.74, 6) is 1.20. The van der Waals surface area contributed by atoms with Gasteiger partial charge in [0.1, 0.15) is 5.75 Å². The van der Waals surface area contributed by atoms with Crippen LogP contribution in [0.2, 0.25) is 0 Å². The van der Waals surface area contributed by atoms with Crippen molar-refractivity contribution in [1.82, 2.24) is 14.7 Å². The number of carbonyl (C=O) groups is 1. The normalized spacial score (nSPS) is 20.2. The lowest BCUT2D eigenvalue weighted by atomic mass is 9.93. The van der Waals surface area contributed by atoms with Crippen LogP contribution in [0.15, 0.2) is 36.4 Å². The summed E-state index contributed by atoms with van der Waals surface area (Å²) >= 11 is 0. The van der Waals surface area contributed by atoms with Crippen LogP contribution in [0.4, 0.5) is 0 Å². The second kappa shape index (κ2) is 10.5. The van der Waals surface area contributed by atoms with E-state index >= 15 is 0 Å². The molecule has 2 aliphatic heterocycles. The maximum Gasteiger partial charge on any atom is 0.236 e. The minimum Gasteiger partial charge on any atom is -0.497 e. The smallest absolute Gasteiger partial charge is 0.236 e. The summed E-state index contributed by atoms with van der Waals surface area (Å²) in [7, 11) is 1.71. The third-order valence-electron chi connectivity index (χ3n) is 8.16. The molecule has 1 saturated heterocycles. The van der Waals surface area contributed by atoms with E-state index in [0.717, 1.165) is 57.5 Å². The molecule has 2 aromatic carbocycles. The monoisotopic (exact) mass is 461 g/mol. The van der Waals surface area contributed by atoms with Crippen LogP contribution in [0.5, 0.6) is 5.75 Å². The van der Waals surface area contributed by atoms with Gasteiger partial charge < -0.3 is 9.64 Å². The number of methoxy groups -OCH3 is 1. The number of nitrogens with zero attached hydrogens (tertiary/aromatic N) is 3. The Morgan fingerprint density at radius 2 is 1.74 bits per heavy atom. The van der Waals surface area contributed by atoms with Crippen molar-refractivity contribution in [3.63, 3.8) is 0 Å². The molecule has 5 heteroatoms. The third kappa shape index (κ3) is 5.16. The maximum atomic E-state index is 13.0. The average molecular weight is 462 g/mol. The van der Waals surface area contributed by atoms with E-state index in [9.17, 15) is 4.79 Å². The number of aryl methyl sites for hydroxylation is 1. The molecule has 34 heavy (non-hydrogen) atoms. The Morgan fingerprint density at radius 1 is 0.941 bits per heavy atom. The minimum absolute atomic E-state index is 0.303. The zero-order chi connectivity index (χ0) is 23.5. The summed E-state index contributed by atoms with van der Waals surface area (Å²) in [6.45, 7) is 8.38. The number of hydrogen-bond donors (Lipinski definition) is 0. The molecule has 2 fully saturated rings. The number of fused-ring (bicyclic) bond motifs is 1. The number of benzene rings is 2. The van der Waals surface area contributed by atoms with Gasteiger partial charge in [0.25, 0.3) is 0 Å². The fourth-order valence-electron chi connectivity index (χ4n) is 6.07. The van der Waals surface area contributed by atoms with E-state index in [-0.39, 0.29) is 0 Å². The first-order valence-corrected chi connectivity index (χ1v) is 13.1. The van der Waals surface area contributed by atoms with Crippen LogP contribution in [-0.4, -0.2) is 73.0 Å². The first kappa shape index (κ1) is 23.4. The molecule has 0 bridgehead atoms. The molecule has 0 spiro atoms. The van der Waals surface area contributed by atoms with Gasteiger partial charge in [-0.25, -0.2) is 0 Å². The van der Waals surface area contributed by atoms with Crippen molar-refractivity contribution in [3.8, 4) is 16.9 Å². The fraction of sp³-hybridized carbons (Fsp3) is 0.552. The summed E-state index contributed by atoms with van der Waals surface area (Å²) in [5, 5.41) is 0. The Morgan fingerprint density at radius 3 is 2.47 bits per heavy atom. The van der Waals surface area contributed by atoms with Gasteiger partial charge in [-0.05, 0) is 66.1 Å². The molecule has 2 heterocycles. The van der Waals surface area contributed by atoms with Crippen LogP contribution >= 0.6 is 0 Å². The van der Waals surface area contributed by atoms with Gasteiger partial charge in [-0.2, -0.15) is 0 Å². The van der Waals surface area contributed by atoms with E-state index in [1.54, 1.807) is 7.11 Å². The van der Waals surface area contributed by atoms with Gasteiger partial charge in [0.05, 0.1) is 13.7 Å². The maximum absolute atomic E-state index is 13.0. The van der Waals surface area contributed by atoms with Crippen LogP contribution in [-0.2, 0) is 17.8 Å². The molecule has 3 aliphatic rings. The third-order valence-corrected chi connectivity index (χ3v) is 8.16. The predicted octanol–water partition coefficient (Wildman–Crippen LogP) is 4.51. The SMILES string of the molecule is COc1ccc(-c2ccc3c(c2)CCN(CC(=O)N2CCN(C4CCCCC4)CC2)C3)c(C)c1. The molecule has 0 radical (unpaired) electrons. The highest BCUT2D eigenvalue weighted by Crippen LogP contribution is 2.30. The van der Waals surface area contributed by atoms with Crippen molar-refractivity contribution in [2.75, 3.05) is 46.4 Å². The van der Waals surface area contributed by atoms with Crippen molar-refractivity contribution in [3.05, 3.63) is 53.1 Å². The summed E-state index contributed by atoms with van der Waals surface area (Å²) in [6.07, 6.45) is 7.85. The summed E-state index contributed by atoms with van der Waals surface area (Å²) < 4.78 is 5.36. The highest BCUT2D eigenvalue weighted by atomic mass is 16.5. The lowest BCUT2D eigenvalue weighted by Crippen LogP contribution is -2.54. The molecule has 2 aromatic rings. The van der Waals surface area contributed by atoms with Gasteiger partial charge in [0, 0.05) is 45.3 Å². The van der Waals surface area contributed by atoms with E-state index in [1.165, 1.54) is 59.9 Å². The van der Waals surface area contributed by atoms with Gasteiger partial charge in [-0.15, -0.1) is 0 Å². The molecule has 1 saturated carbocycles. The van der Waals surface area contributed by atoms with Crippen molar-refractivity contribution in [1.29, 1.82) is 0 Å². The number of piperazine rings is 1. The summed E-state index contributed by atoms with van der Waals surface area (Å²) in [5.41, 5.74) is 6.52. The van der Waals surface area contributed by atoms with Gasteiger partial charge in [0.2, 0.25) is 5.91 Å². The van der Waals surface area contributed by atoms with E-state index in [1.807, 2.05) is 6.07 Å². The largest absolute Gasteiger partial charge is 0.497 e. The number of hydrogen-bond acceptors (Lipinski definition) is 4. The summed E-state index contributed by atoms with van der Waals surface area (Å²) in [6, 6.07) is 13.9. The Kier molecular flexibility index (Phi) is 7.21. The molecule has 1 amide bonds. The van der Waals surface area contributed by atoms with E-state index in [0.29, 0.717) is 12.5 Å². The number of ether oxygens (including phenoxy) is 1. The first-order valence-electron chi connectivity index (χ1n) is 13.1. The molecule has 5 rings (SSSR count). The minimum atomic E-state index is 0.303. The molecule has 182 valence electrons. The number of amides is 1. The van der Waals surface area contributed by atoms with Crippen molar-refractivity contribution >= 4 is 5.91 Å². The Labute approximate surface area is 204 Å². The van der Waals surface area contributed by atoms with Crippen molar-refractivity contribution in [2.45, 2.75) is 58.0 Å². The highest BCUT2D eigenvalue weighted by Gasteiger charge is 2.28. The Bertz CT molecular complexity index is 1010. The number of rotatable bonds is 5. The molecule has 0 N–H and O–H groups in total. The Hall–Kier alpha value is -2.37. The lowest BCUT2D eigenvalue weighted by molar-refractivity contribution is -0.134. The standard InChI is InChI=1S/C29H39N3O2/c1-22-18-27(34-2)10-11-28(22)24-8-9-25-20-30(13-12-23(25)19-24)21-29(33)32-16-14-31(15-17-32)26-6-4-3-5-7-26/h8-11,18-19,26H,3-7,12-17,20-21H2,1-2H3. The molecule has 0 aromatic heterocycles. The van der Waals surface area contributed by atoms with Crippen molar-refractivity contribution in [2.24, 2.45) is 0 Å². The zero-order valence-corrected chi connectivity index (χ0v) is 20.9. The first-order chi connectivity index (χ1) is 16.6. The second-order valence-corrected chi connectivity index (χ2v) is 10.3. The highest BCUT2D eigenvalue weighted by molar-refractivity contribution is 5.78. The van der Waals surface area contributed by atoms with Gasteiger partial charge in [-0.1, -0.05) is 43.5 Å². The van der Waals surface area contributed by atoms with Crippen LogP contribution in [0.3, 0.4) is 0 Å². The molecule has 0 atom stereocenters. The average Bonchev–Trinajstić information content (AvgIpc) is 2.89. The van der Waals surface area contributed by atoms with Gasteiger partial charge >= 0.3 is 0 Å². The van der Waals surface area contributed by atoms with Crippen LogP contribution in [0, 0.1) is 6.92 Å². The molecule has 0 unspecified atom stereocenters. The zero-order valence-electron chi connectivity index (χ0n) is 20.9. The number of carbonyl (C=O) groups excluding carboxylic acids is 1. The predicted molar refractivity (Wildman–Crippen MR) is 137 cm³/mol. The summed E-state index contributed by atoms with van der Waals surface area (Å²) in [4.78, 5) is 20.1. The van der Waals surface area contributed by atoms with Crippen LogP contribution in [0.25, 0.3) is 11.1 Å². The van der Waals surface area contributed by atoms with Gasteiger partial charge in [0.15, 0.2) is 0 Å². The van der Waals surface area contributed by atoms with E-state index < -0.39 is 0 Å². The second-order valence-electron chi connectivity index (χ2n) is 10.3. The van der Waals surface area contributed by atoms with Crippen molar-refractivity contribution < 1.29 is 9.53 Å². The lowest BCUT2D eigenvalue weighted by Gasteiger charge is -2.41. The van der Waals surface area contributed by atoms with Crippen LogP contribution < -0.4 is 4.74 Å². The van der Waals surface area contributed by atoms with Gasteiger partial charge in [-0.3, -0.25) is 14.6 Å². The van der Waals surface area contributed by atoms with E-state index in [2.05, 4.69) is 52.0 Å². The molecule has 1 aliphatic carbocycles. The molecular weight excluding hydrogens is 422 g/mol. The quantitative estimate of drug-likeness (QED) is 0.657. The fourth-order valence-corrected chi connectivity index (χ4v) is 6.07. The molecular formula is C29H39N3O2. The van der Waals surface area contributed by atoms with Crippen LogP contribution in [0.1, 0.15) is 48.8 Å². The topological polar surface area (TPSA) is 36.0 Å².